The first-order chi connectivity index (χ1) is 15.8. The smallest absolute Gasteiger partial charge is 0.264 e. The number of hydrogen-bond acceptors (Lipinski definition) is 6. The lowest BCUT2D eigenvalue weighted by Crippen LogP contribution is -2.39. The monoisotopic (exact) mass is 483 g/mol. The Morgan fingerprint density at radius 2 is 1.67 bits per heavy atom. The van der Waals surface area contributed by atoms with E-state index < -0.39 is 22.5 Å². The van der Waals surface area contributed by atoms with E-state index >= 15 is 0 Å². The fraction of sp³-hybridized carbons (Fsp3) is 0.167. The molecule has 1 N–H and O–H groups in total. The van der Waals surface area contributed by atoms with E-state index in [2.05, 4.69) is 10.5 Å². The van der Waals surface area contributed by atoms with Gasteiger partial charge in [0.05, 0.1) is 23.9 Å². The lowest BCUT2D eigenvalue weighted by atomic mass is 10.2. The summed E-state index contributed by atoms with van der Waals surface area (Å²) in [4.78, 5) is 13.8. The first kappa shape index (κ1) is 24.3. The van der Waals surface area contributed by atoms with Crippen molar-refractivity contribution in [1.82, 2.24) is 5.43 Å². The molecule has 0 aromatic heterocycles. The number of ether oxygens (including phenoxy) is 1. The van der Waals surface area contributed by atoms with Gasteiger partial charge < -0.3 is 4.74 Å². The largest absolute Gasteiger partial charge is 0.497 e. The number of nitrogens with one attached hydrogen (secondary N) is 1. The SMILES string of the molecule is COc1ccc(N(CC(=O)N/N=C\c2ccc(SC)cc2)S(=O)(=O)c2ccc(C)cc2)cc1. The van der Waals surface area contributed by atoms with Crippen molar-refractivity contribution in [3.8, 4) is 5.75 Å². The molecule has 0 spiro atoms. The average Bonchev–Trinajstić information content (AvgIpc) is 2.83. The summed E-state index contributed by atoms with van der Waals surface area (Å²) in [7, 11) is -2.47. The minimum atomic E-state index is -3.99. The van der Waals surface area contributed by atoms with Crippen molar-refractivity contribution in [2.24, 2.45) is 5.10 Å². The van der Waals surface area contributed by atoms with E-state index in [0.29, 0.717) is 11.4 Å². The molecule has 0 heterocycles. The molecule has 172 valence electrons. The number of carbonyl (C=O) groups excluding carboxylic acids is 1. The van der Waals surface area contributed by atoms with E-state index in [1.54, 1.807) is 48.2 Å². The number of sulfonamides is 1. The molecule has 0 atom stereocenters. The number of thioether (sulfide) groups is 1. The van der Waals surface area contributed by atoms with Gasteiger partial charge in [0.2, 0.25) is 0 Å². The lowest BCUT2D eigenvalue weighted by Gasteiger charge is -2.24. The van der Waals surface area contributed by atoms with Crippen LogP contribution in [0.2, 0.25) is 0 Å². The molecule has 3 aromatic carbocycles. The van der Waals surface area contributed by atoms with E-state index in [0.717, 1.165) is 20.3 Å². The number of methoxy groups -OCH3 is 1. The van der Waals surface area contributed by atoms with Gasteiger partial charge in [-0.25, -0.2) is 13.8 Å². The molecule has 0 aliphatic rings. The van der Waals surface area contributed by atoms with Gasteiger partial charge >= 0.3 is 0 Å². The molecule has 0 bridgehead atoms. The Balaban J connectivity index is 1.81. The predicted octanol–water partition coefficient (Wildman–Crippen LogP) is 4.07. The Hall–Kier alpha value is -3.30. The number of carbonyl (C=O) groups is 1. The number of amides is 1. The fourth-order valence-electron chi connectivity index (χ4n) is 2.94. The third-order valence-corrected chi connectivity index (χ3v) is 7.31. The number of aryl methyl sites for hydroxylation is 1. The van der Waals surface area contributed by atoms with Crippen molar-refractivity contribution >= 4 is 39.6 Å². The quantitative estimate of drug-likeness (QED) is 0.282. The Bertz CT molecular complexity index is 1210. The van der Waals surface area contributed by atoms with Crippen LogP contribution in [0.1, 0.15) is 11.1 Å². The molecule has 0 aliphatic carbocycles. The highest BCUT2D eigenvalue weighted by atomic mass is 32.2. The van der Waals surface area contributed by atoms with Gasteiger partial charge in [-0.3, -0.25) is 9.10 Å². The van der Waals surface area contributed by atoms with Crippen LogP contribution in [0, 0.1) is 6.92 Å². The Morgan fingerprint density at radius 1 is 1.03 bits per heavy atom. The van der Waals surface area contributed by atoms with Crippen molar-refractivity contribution in [3.05, 3.63) is 83.9 Å². The van der Waals surface area contributed by atoms with Crippen LogP contribution in [-0.4, -0.2) is 40.4 Å². The van der Waals surface area contributed by atoms with Gasteiger partial charge in [0.25, 0.3) is 15.9 Å². The van der Waals surface area contributed by atoms with Gasteiger partial charge in [0, 0.05) is 4.90 Å². The van der Waals surface area contributed by atoms with Crippen LogP contribution < -0.4 is 14.5 Å². The Labute approximate surface area is 198 Å². The van der Waals surface area contributed by atoms with Gasteiger partial charge in [-0.1, -0.05) is 29.8 Å². The van der Waals surface area contributed by atoms with Gasteiger partial charge in [-0.15, -0.1) is 11.8 Å². The van der Waals surface area contributed by atoms with E-state index in [1.165, 1.54) is 25.5 Å². The number of hydrazone groups is 1. The van der Waals surface area contributed by atoms with Crippen molar-refractivity contribution in [2.45, 2.75) is 16.7 Å². The molecule has 0 saturated heterocycles. The summed E-state index contributed by atoms with van der Waals surface area (Å²) in [6, 6.07) is 20.6. The van der Waals surface area contributed by atoms with Crippen LogP contribution in [0.4, 0.5) is 5.69 Å². The Kier molecular flexibility index (Phi) is 8.13. The zero-order valence-corrected chi connectivity index (χ0v) is 20.2. The second kappa shape index (κ2) is 11.0. The third-order valence-electron chi connectivity index (χ3n) is 4.78. The zero-order valence-electron chi connectivity index (χ0n) is 18.6. The van der Waals surface area contributed by atoms with Crippen LogP contribution in [-0.2, 0) is 14.8 Å². The second-order valence-corrected chi connectivity index (χ2v) is 9.83. The highest BCUT2D eigenvalue weighted by molar-refractivity contribution is 7.98. The Morgan fingerprint density at radius 3 is 2.24 bits per heavy atom. The molecule has 3 aromatic rings. The molecule has 0 aliphatic heterocycles. The van der Waals surface area contributed by atoms with Crippen LogP contribution in [0.15, 0.2) is 87.7 Å². The van der Waals surface area contributed by atoms with Gasteiger partial charge in [-0.05, 0) is 67.3 Å². The maximum Gasteiger partial charge on any atom is 0.264 e. The number of rotatable bonds is 9. The minimum absolute atomic E-state index is 0.0918. The standard InChI is InChI=1S/C24H25N3O4S2/c1-18-4-14-23(15-5-18)33(29,30)27(20-8-10-21(31-2)11-9-20)17-24(28)26-25-16-19-6-12-22(32-3)13-7-19/h4-16H,17H2,1-3H3,(H,26,28)/b25-16-. The second-order valence-electron chi connectivity index (χ2n) is 7.09. The van der Waals surface area contributed by atoms with Gasteiger partial charge in [-0.2, -0.15) is 5.10 Å². The number of nitrogens with zero attached hydrogens (tertiary/aromatic N) is 2. The maximum absolute atomic E-state index is 13.4. The van der Waals surface area contributed by atoms with Crippen LogP contribution >= 0.6 is 11.8 Å². The molecule has 9 heteroatoms. The molecule has 3 rings (SSSR count). The minimum Gasteiger partial charge on any atom is -0.497 e. The summed E-state index contributed by atoms with van der Waals surface area (Å²) < 4.78 is 32.9. The summed E-state index contributed by atoms with van der Waals surface area (Å²) in [5.74, 6) is 0.00599. The van der Waals surface area contributed by atoms with E-state index in [9.17, 15) is 13.2 Å². The molecule has 33 heavy (non-hydrogen) atoms. The highest BCUT2D eigenvalue weighted by Crippen LogP contribution is 2.26. The maximum atomic E-state index is 13.4. The molecule has 0 saturated carbocycles. The molecule has 0 radical (unpaired) electrons. The number of anilines is 1. The summed E-state index contributed by atoms with van der Waals surface area (Å²) in [6.07, 6.45) is 3.50. The predicted molar refractivity (Wildman–Crippen MR) is 133 cm³/mol. The first-order valence-electron chi connectivity index (χ1n) is 10.0. The average molecular weight is 484 g/mol. The van der Waals surface area contributed by atoms with Crippen molar-refractivity contribution in [1.29, 1.82) is 0 Å². The van der Waals surface area contributed by atoms with Gasteiger partial charge in [0.1, 0.15) is 12.3 Å². The summed E-state index contributed by atoms with van der Waals surface area (Å²) in [6.45, 7) is 1.43. The first-order valence-corrected chi connectivity index (χ1v) is 12.7. The molecule has 1 amide bonds. The van der Waals surface area contributed by atoms with E-state index in [4.69, 9.17) is 4.74 Å². The van der Waals surface area contributed by atoms with Crippen molar-refractivity contribution < 1.29 is 17.9 Å². The topological polar surface area (TPSA) is 88.1 Å². The molecular weight excluding hydrogens is 458 g/mol. The van der Waals surface area contributed by atoms with E-state index in [-0.39, 0.29) is 4.90 Å². The van der Waals surface area contributed by atoms with Gasteiger partial charge in [0.15, 0.2) is 0 Å². The molecular formula is C24H25N3O4S2. The molecule has 7 nitrogen and oxygen atoms in total. The molecule has 0 unspecified atom stereocenters. The summed E-state index contributed by atoms with van der Waals surface area (Å²) >= 11 is 1.63. The normalized spacial score (nSPS) is 11.4. The highest BCUT2D eigenvalue weighted by Gasteiger charge is 2.27. The van der Waals surface area contributed by atoms with Crippen LogP contribution in [0.5, 0.6) is 5.75 Å². The van der Waals surface area contributed by atoms with Crippen LogP contribution in [0.25, 0.3) is 0 Å². The molecule has 0 fully saturated rings. The summed E-state index contributed by atoms with van der Waals surface area (Å²) in [5, 5.41) is 3.96. The summed E-state index contributed by atoms with van der Waals surface area (Å²) in [5.41, 5.74) is 4.49. The number of hydrogen-bond donors (Lipinski definition) is 1. The van der Waals surface area contributed by atoms with Crippen molar-refractivity contribution in [3.63, 3.8) is 0 Å². The van der Waals surface area contributed by atoms with Crippen LogP contribution in [0.3, 0.4) is 0 Å². The van der Waals surface area contributed by atoms with Crippen molar-refractivity contribution in [2.75, 3.05) is 24.2 Å². The van der Waals surface area contributed by atoms with E-state index in [1.807, 2.05) is 37.4 Å². The lowest BCUT2D eigenvalue weighted by molar-refractivity contribution is -0.119. The number of benzene rings is 3. The third kappa shape index (κ3) is 6.36. The zero-order chi connectivity index (χ0) is 23.8. The fourth-order valence-corrected chi connectivity index (χ4v) is 4.76.